The minimum atomic E-state index is -2.88. The van der Waals surface area contributed by atoms with E-state index < -0.39 is 6.61 Å². The number of hydrogen-bond acceptors (Lipinski definition) is 5. The normalized spacial score (nSPS) is 15.7. The first kappa shape index (κ1) is 18.9. The third kappa shape index (κ3) is 5.55. The van der Waals surface area contributed by atoms with E-state index in [2.05, 4.69) is 10.1 Å². The summed E-state index contributed by atoms with van der Waals surface area (Å²) in [6.45, 7) is -1.80. The maximum atomic E-state index is 12.1. The summed E-state index contributed by atoms with van der Waals surface area (Å²) < 4.78 is 40.1. The zero-order chi connectivity index (χ0) is 19.2. The number of halogens is 2. The largest absolute Gasteiger partial charge is 0.486 e. The van der Waals surface area contributed by atoms with Gasteiger partial charge in [-0.25, -0.2) is 0 Å². The van der Waals surface area contributed by atoms with E-state index in [1.54, 1.807) is 0 Å². The van der Waals surface area contributed by atoms with E-state index in [4.69, 9.17) is 9.47 Å². The number of fused-ring (bicyclic) bond motifs is 1. The molecule has 1 atom stereocenters. The van der Waals surface area contributed by atoms with E-state index in [0.717, 1.165) is 0 Å². The molecule has 0 fully saturated rings. The molecule has 0 bridgehead atoms. The molecule has 0 saturated carbocycles. The maximum absolute atomic E-state index is 12.1. The van der Waals surface area contributed by atoms with E-state index in [-0.39, 0.29) is 24.3 Å². The van der Waals surface area contributed by atoms with Crippen molar-refractivity contribution in [1.82, 2.24) is 4.90 Å². The van der Waals surface area contributed by atoms with Crippen molar-refractivity contribution >= 4 is 11.6 Å². The van der Waals surface area contributed by atoms with Crippen LogP contribution in [0.5, 0.6) is 17.2 Å². The van der Waals surface area contributed by atoms with Crippen molar-refractivity contribution in [2.75, 3.05) is 32.1 Å². The van der Waals surface area contributed by atoms with Crippen LogP contribution in [0.25, 0.3) is 0 Å². The first-order valence-electron chi connectivity index (χ1n) is 8.41. The van der Waals surface area contributed by atoms with Crippen LogP contribution in [0.2, 0.25) is 0 Å². The Kier molecular flexibility index (Phi) is 6.08. The van der Waals surface area contributed by atoms with Crippen molar-refractivity contribution < 1.29 is 27.8 Å². The number of carbonyl (C=O) groups is 1. The van der Waals surface area contributed by atoms with Gasteiger partial charge in [-0.3, -0.25) is 9.69 Å². The number of benzene rings is 2. The minimum absolute atomic E-state index is 0.0369. The van der Waals surface area contributed by atoms with Crippen LogP contribution >= 0.6 is 0 Å². The van der Waals surface area contributed by atoms with Gasteiger partial charge in [-0.1, -0.05) is 12.1 Å². The molecule has 2 aromatic carbocycles. The van der Waals surface area contributed by atoms with E-state index in [0.29, 0.717) is 30.3 Å². The molecular formula is C19H20F2N2O4. The van der Waals surface area contributed by atoms with Gasteiger partial charge in [-0.05, 0) is 43.4 Å². The highest BCUT2D eigenvalue weighted by atomic mass is 19.3. The summed E-state index contributed by atoms with van der Waals surface area (Å²) in [7, 11) is 1.81. The average Bonchev–Trinajstić information content (AvgIpc) is 2.62. The van der Waals surface area contributed by atoms with Gasteiger partial charge < -0.3 is 19.5 Å². The van der Waals surface area contributed by atoms with E-state index in [9.17, 15) is 13.6 Å². The fourth-order valence-electron chi connectivity index (χ4n) is 2.73. The summed E-state index contributed by atoms with van der Waals surface area (Å²) >= 11 is 0. The predicted molar refractivity (Wildman–Crippen MR) is 95.6 cm³/mol. The molecule has 0 aliphatic carbocycles. The number of hydrogen-bond donors (Lipinski definition) is 1. The lowest BCUT2D eigenvalue weighted by atomic mass is 10.2. The smallest absolute Gasteiger partial charge is 0.387 e. The number of amides is 1. The molecule has 1 amide bonds. The minimum Gasteiger partial charge on any atom is -0.486 e. The first-order chi connectivity index (χ1) is 13.0. The number of carbonyl (C=O) groups excluding carboxylic acids is 1. The van der Waals surface area contributed by atoms with Crippen LogP contribution in [0.4, 0.5) is 14.5 Å². The Morgan fingerprint density at radius 3 is 2.63 bits per heavy atom. The number of anilines is 1. The lowest BCUT2D eigenvalue weighted by Crippen LogP contribution is -2.42. The van der Waals surface area contributed by atoms with Gasteiger partial charge in [0.05, 0.1) is 6.54 Å². The molecule has 6 nitrogen and oxygen atoms in total. The zero-order valence-electron chi connectivity index (χ0n) is 14.7. The monoisotopic (exact) mass is 378 g/mol. The summed E-state index contributed by atoms with van der Waals surface area (Å²) in [6, 6.07) is 13.2. The quantitative estimate of drug-likeness (QED) is 0.803. The number of likely N-dealkylation sites (N-methyl/N-ethyl adjacent to an activating group) is 1. The Morgan fingerprint density at radius 1 is 1.22 bits per heavy atom. The zero-order valence-corrected chi connectivity index (χ0v) is 14.7. The van der Waals surface area contributed by atoms with Gasteiger partial charge >= 0.3 is 6.61 Å². The number of para-hydroxylation sites is 2. The highest BCUT2D eigenvalue weighted by Crippen LogP contribution is 2.30. The molecule has 1 aliphatic rings. The first-order valence-corrected chi connectivity index (χ1v) is 8.41. The Balaban J connectivity index is 1.45. The van der Waals surface area contributed by atoms with Crippen molar-refractivity contribution in [3.8, 4) is 17.2 Å². The molecule has 1 aliphatic heterocycles. The van der Waals surface area contributed by atoms with Crippen LogP contribution in [-0.2, 0) is 4.79 Å². The number of alkyl halides is 2. The molecule has 1 N–H and O–H groups in total. The number of nitrogens with zero attached hydrogens (tertiary/aromatic N) is 1. The SMILES string of the molecule is CN(CC(=O)Nc1ccc(OC(F)F)cc1)CC1COc2ccccc2O1. The molecule has 8 heteroatoms. The van der Waals surface area contributed by atoms with Crippen LogP contribution in [0.3, 0.4) is 0 Å². The van der Waals surface area contributed by atoms with Gasteiger partial charge in [0.25, 0.3) is 0 Å². The van der Waals surface area contributed by atoms with Crippen molar-refractivity contribution in [3.05, 3.63) is 48.5 Å². The summed E-state index contributed by atoms with van der Waals surface area (Å²) in [5.74, 6) is 1.22. The van der Waals surface area contributed by atoms with E-state index >= 15 is 0 Å². The van der Waals surface area contributed by atoms with Crippen LogP contribution in [0.1, 0.15) is 0 Å². The van der Waals surface area contributed by atoms with Crippen molar-refractivity contribution in [1.29, 1.82) is 0 Å². The van der Waals surface area contributed by atoms with Crippen molar-refractivity contribution in [3.63, 3.8) is 0 Å². The predicted octanol–water partition coefficient (Wildman–Crippen LogP) is 3.00. The van der Waals surface area contributed by atoms with Crippen LogP contribution < -0.4 is 19.5 Å². The van der Waals surface area contributed by atoms with Crippen LogP contribution in [0.15, 0.2) is 48.5 Å². The second kappa shape index (κ2) is 8.68. The van der Waals surface area contributed by atoms with Crippen LogP contribution in [0, 0.1) is 0 Å². The molecule has 3 rings (SSSR count). The Labute approximate surface area is 155 Å². The lowest BCUT2D eigenvalue weighted by Gasteiger charge is -2.29. The third-order valence-corrected chi connectivity index (χ3v) is 3.86. The second-order valence-electron chi connectivity index (χ2n) is 6.15. The summed E-state index contributed by atoms with van der Waals surface area (Å²) in [5, 5.41) is 2.71. The Bertz CT molecular complexity index is 771. The fraction of sp³-hybridized carbons (Fsp3) is 0.316. The van der Waals surface area contributed by atoms with Gasteiger partial charge in [0.1, 0.15) is 18.5 Å². The van der Waals surface area contributed by atoms with Gasteiger partial charge in [0.2, 0.25) is 5.91 Å². The summed E-state index contributed by atoms with van der Waals surface area (Å²) in [5.41, 5.74) is 0.501. The van der Waals surface area contributed by atoms with Crippen LogP contribution in [-0.4, -0.2) is 50.3 Å². The molecule has 1 heterocycles. The molecular weight excluding hydrogens is 358 g/mol. The molecule has 0 radical (unpaired) electrons. The molecule has 0 spiro atoms. The highest BCUT2D eigenvalue weighted by Gasteiger charge is 2.22. The molecule has 0 saturated heterocycles. The van der Waals surface area contributed by atoms with E-state index in [1.165, 1.54) is 24.3 Å². The molecule has 0 aromatic heterocycles. The van der Waals surface area contributed by atoms with E-state index in [1.807, 2.05) is 36.2 Å². The topological polar surface area (TPSA) is 60.0 Å². The number of nitrogens with one attached hydrogen (secondary N) is 1. The third-order valence-electron chi connectivity index (χ3n) is 3.86. The van der Waals surface area contributed by atoms with Gasteiger partial charge in [-0.15, -0.1) is 0 Å². The summed E-state index contributed by atoms with van der Waals surface area (Å²) in [4.78, 5) is 14.0. The Hall–Kier alpha value is -2.87. The molecule has 27 heavy (non-hydrogen) atoms. The molecule has 1 unspecified atom stereocenters. The molecule has 2 aromatic rings. The highest BCUT2D eigenvalue weighted by molar-refractivity contribution is 5.92. The number of rotatable bonds is 7. The fourth-order valence-corrected chi connectivity index (χ4v) is 2.73. The van der Waals surface area contributed by atoms with Crippen molar-refractivity contribution in [2.45, 2.75) is 12.7 Å². The van der Waals surface area contributed by atoms with Gasteiger partial charge in [0, 0.05) is 12.2 Å². The number of ether oxygens (including phenoxy) is 3. The Morgan fingerprint density at radius 2 is 1.93 bits per heavy atom. The second-order valence-corrected chi connectivity index (χ2v) is 6.15. The average molecular weight is 378 g/mol. The maximum Gasteiger partial charge on any atom is 0.387 e. The summed E-state index contributed by atoms with van der Waals surface area (Å²) in [6.07, 6.45) is -0.177. The molecule has 144 valence electrons. The van der Waals surface area contributed by atoms with Crippen molar-refractivity contribution in [2.24, 2.45) is 0 Å². The standard InChI is InChI=1S/C19H20F2N2O4/c1-23(10-15-12-25-16-4-2-3-5-17(16)26-15)11-18(24)22-13-6-8-14(9-7-13)27-19(20)21/h2-9,15,19H,10-12H2,1H3,(H,22,24). The lowest BCUT2D eigenvalue weighted by molar-refractivity contribution is -0.117. The van der Waals surface area contributed by atoms with Gasteiger partial charge in [-0.2, -0.15) is 8.78 Å². The van der Waals surface area contributed by atoms with Gasteiger partial charge in [0.15, 0.2) is 11.5 Å².